The van der Waals surface area contributed by atoms with Crippen LogP contribution in [-0.4, -0.2) is 36.5 Å². The number of piperidine rings is 3. The summed E-state index contributed by atoms with van der Waals surface area (Å²) in [5.74, 6) is 1.23. The molecule has 1 aromatic rings. The molecule has 0 radical (unpaired) electrons. The Hall–Kier alpha value is -1.55. The third-order valence-corrected chi connectivity index (χ3v) is 5.09. The molecule has 4 fully saturated rings. The molecule has 1 unspecified atom stereocenters. The Morgan fingerprint density at radius 2 is 1.86 bits per heavy atom. The van der Waals surface area contributed by atoms with Gasteiger partial charge in [-0.05, 0) is 62.9 Å². The lowest BCUT2D eigenvalue weighted by Gasteiger charge is -2.45. The molecule has 0 aromatic heterocycles. The number of hydrogen-bond donors (Lipinski definition) is 2. The highest BCUT2D eigenvalue weighted by Crippen LogP contribution is 2.32. The van der Waals surface area contributed by atoms with Crippen LogP contribution in [0.1, 0.15) is 25.7 Å². The molecule has 112 valence electrons. The molecule has 3 heterocycles. The normalized spacial score (nSPS) is 31.0. The summed E-state index contributed by atoms with van der Waals surface area (Å²) >= 11 is 0. The Kier molecular flexibility index (Phi) is 3.34. The van der Waals surface area contributed by atoms with Crippen LogP contribution in [0, 0.1) is 11.8 Å². The van der Waals surface area contributed by atoms with Gasteiger partial charge in [0.05, 0.1) is 0 Å². The fourth-order valence-corrected chi connectivity index (χ4v) is 3.62. The van der Waals surface area contributed by atoms with E-state index < -0.39 is 0 Å². The van der Waals surface area contributed by atoms with Gasteiger partial charge in [-0.15, -0.1) is 0 Å². The van der Waals surface area contributed by atoms with Crippen LogP contribution < -0.4 is 10.6 Å². The Balaban J connectivity index is 1.41. The lowest BCUT2D eigenvalue weighted by molar-refractivity contribution is -0.117. The number of carbonyl (C=O) groups excluding carboxylic acids is 1. The maximum atomic E-state index is 11.8. The number of benzene rings is 1. The van der Waals surface area contributed by atoms with Crippen LogP contribution >= 0.6 is 0 Å². The van der Waals surface area contributed by atoms with E-state index in [2.05, 4.69) is 27.7 Å². The van der Waals surface area contributed by atoms with Crippen LogP contribution in [0.3, 0.4) is 0 Å². The number of fused-ring (bicyclic) bond motifs is 3. The molecular formula is C17H23N3O. The van der Waals surface area contributed by atoms with E-state index in [1.807, 2.05) is 12.1 Å². The van der Waals surface area contributed by atoms with Gasteiger partial charge >= 0.3 is 0 Å². The zero-order valence-corrected chi connectivity index (χ0v) is 12.3. The Morgan fingerprint density at radius 1 is 1.10 bits per heavy atom. The van der Waals surface area contributed by atoms with Crippen molar-refractivity contribution in [2.45, 2.75) is 31.7 Å². The van der Waals surface area contributed by atoms with Crippen molar-refractivity contribution in [2.75, 3.05) is 30.3 Å². The van der Waals surface area contributed by atoms with E-state index in [-0.39, 0.29) is 11.8 Å². The summed E-state index contributed by atoms with van der Waals surface area (Å²) in [7, 11) is 0. The summed E-state index contributed by atoms with van der Waals surface area (Å²) in [5.41, 5.74) is 2.04. The zero-order chi connectivity index (χ0) is 14.2. The summed E-state index contributed by atoms with van der Waals surface area (Å²) in [6, 6.07) is 8.72. The molecule has 0 spiro atoms. The van der Waals surface area contributed by atoms with E-state index >= 15 is 0 Å². The van der Waals surface area contributed by atoms with E-state index in [9.17, 15) is 4.79 Å². The van der Waals surface area contributed by atoms with Gasteiger partial charge in [-0.25, -0.2) is 0 Å². The van der Waals surface area contributed by atoms with Gasteiger partial charge in [-0.3, -0.25) is 4.79 Å². The predicted molar refractivity (Wildman–Crippen MR) is 84.4 cm³/mol. The van der Waals surface area contributed by atoms with Crippen LogP contribution in [0.15, 0.2) is 24.3 Å². The number of anilines is 2. The smallest absolute Gasteiger partial charge is 0.227 e. The van der Waals surface area contributed by atoms with Gasteiger partial charge in [0, 0.05) is 29.9 Å². The van der Waals surface area contributed by atoms with Gasteiger partial charge < -0.3 is 15.5 Å². The van der Waals surface area contributed by atoms with Gasteiger partial charge in [0.1, 0.15) is 0 Å². The van der Waals surface area contributed by atoms with Gasteiger partial charge in [0.25, 0.3) is 0 Å². The second-order valence-electron chi connectivity index (χ2n) is 6.73. The van der Waals surface area contributed by atoms with Crippen LogP contribution in [-0.2, 0) is 4.79 Å². The Bertz CT molecular complexity index is 533. The van der Waals surface area contributed by atoms with Crippen molar-refractivity contribution in [3.8, 4) is 0 Å². The quantitative estimate of drug-likeness (QED) is 0.893. The fraction of sp³-hybridized carbons (Fsp3) is 0.588. The van der Waals surface area contributed by atoms with Crippen molar-refractivity contribution in [1.29, 1.82) is 0 Å². The number of hydrogen-bond acceptors (Lipinski definition) is 3. The molecule has 2 bridgehead atoms. The monoisotopic (exact) mass is 285 g/mol. The lowest BCUT2D eigenvalue weighted by Crippen LogP contribution is -2.53. The van der Waals surface area contributed by atoms with Crippen molar-refractivity contribution in [3.05, 3.63) is 24.3 Å². The molecule has 1 aromatic carbocycles. The molecule has 2 N–H and O–H groups in total. The van der Waals surface area contributed by atoms with Crippen LogP contribution in [0.2, 0.25) is 0 Å². The Morgan fingerprint density at radius 3 is 2.52 bits per heavy atom. The highest BCUT2D eigenvalue weighted by atomic mass is 16.2. The molecule has 1 amide bonds. The van der Waals surface area contributed by atoms with Crippen LogP contribution in [0.25, 0.3) is 0 Å². The molecule has 5 rings (SSSR count). The minimum Gasteiger partial charge on any atom is -0.381 e. The zero-order valence-electron chi connectivity index (χ0n) is 12.3. The first-order chi connectivity index (χ1) is 10.3. The first-order valence-electron chi connectivity index (χ1n) is 8.18. The van der Waals surface area contributed by atoms with Crippen molar-refractivity contribution < 1.29 is 4.79 Å². The number of carbonyl (C=O) groups is 1. The SMILES string of the molecule is O=C(Nc1cccc(NC2CN3CCC2CC3)c1)C1CC1. The van der Waals surface area contributed by atoms with Crippen molar-refractivity contribution in [2.24, 2.45) is 11.8 Å². The molecule has 4 heteroatoms. The molecule has 3 aliphatic heterocycles. The molecular weight excluding hydrogens is 262 g/mol. The van der Waals surface area contributed by atoms with Crippen molar-refractivity contribution in [1.82, 2.24) is 4.90 Å². The molecule has 1 atom stereocenters. The second-order valence-corrected chi connectivity index (χ2v) is 6.73. The Labute approximate surface area is 125 Å². The number of nitrogens with zero attached hydrogens (tertiary/aromatic N) is 1. The molecule has 1 saturated carbocycles. The minimum absolute atomic E-state index is 0.176. The molecule has 3 saturated heterocycles. The largest absolute Gasteiger partial charge is 0.381 e. The summed E-state index contributed by atoms with van der Waals surface area (Å²) in [6.07, 6.45) is 4.72. The first kappa shape index (κ1) is 13.1. The van der Waals surface area contributed by atoms with Crippen LogP contribution in [0.4, 0.5) is 11.4 Å². The van der Waals surface area contributed by atoms with E-state index in [1.54, 1.807) is 0 Å². The highest BCUT2D eigenvalue weighted by Gasteiger charge is 2.34. The standard InChI is InChI=1S/C17H23N3O/c21-17(13-4-5-13)19-15-3-1-2-14(10-15)18-16-11-20-8-6-12(16)7-9-20/h1-3,10,12-13,16,18H,4-9,11H2,(H,19,21). The number of nitrogens with one attached hydrogen (secondary N) is 2. The maximum absolute atomic E-state index is 11.8. The van der Waals surface area contributed by atoms with E-state index in [0.29, 0.717) is 6.04 Å². The first-order valence-corrected chi connectivity index (χ1v) is 8.18. The van der Waals surface area contributed by atoms with E-state index in [0.717, 1.165) is 36.7 Å². The predicted octanol–water partition coefficient (Wildman–Crippen LogP) is 2.54. The molecule has 1 aliphatic carbocycles. The average molecular weight is 285 g/mol. The lowest BCUT2D eigenvalue weighted by atomic mass is 9.84. The minimum atomic E-state index is 0.176. The highest BCUT2D eigenvalue weighted by molar-refractivity contribution is 5.94. The van der Waals surface area contributed by atoms with Gasteiger partial charge in [0.2, 0.25) is 5.91 Å². The third kappa shape index (κ3) is 2.91. The van der Waals surface area contributed by atoms with E-state index in [4.69, 9.17) is 0 Å². The third-order valence-electron chi connectivity index (χ3n) is 5.09. The van der Waals surface area contributed by atoms with Gasteiger partial charge in [0.15, 0.2) is 0 Å². The second kappa shape index (κ2) is 5.34. The summed E-state index contributed by atoms with van der Waals surface area (Å²) in [4.78, 5) is 14.4. The topological polar surface area (TPSA) is 44.4 Å². The molecule has 4 aliphatic rings. The van der Waals surface area contributed by atoms with Crippen molar-refractivity contribution in [3.63, 3.8) is 0 Å². The van der Waals surface area contributed by atoms with Crippen molar-refractivity contribution >= 4 is 17.3 Å². The summed E-state index contributed by atoms with van der Waals surface area (Å²) in [5, 5.41) is 6.70. The fourth-order valence-electron chi connectivity index (χ4n) is 3.62. The maximum Gasteiger partial charge on any atom is 0.227 e. The van der Waals surface area contributed by atoms with E-state index in [1.165, 1.54) is 25.9 Å². The van der Waals surface area contributed by atoms with Gasteiger partial charge in [-0.2, -0.15) is 0 Å². The number of amides is 1. The molecule has 21 heavy (non-hydrogen) atoms. The van der Waals surface area contributed by atoms with Crippen LogP contribution in [0.5, 0.6) is 0 Å². The summed E-state index contributed by atoms with van der Waals surface area (Å²) < 4.78 is 0. The number of rotatable bonds is 4. The average Bonchev–Trinajstić information content (AvgIpc) is 3.33. The molecule has 4 nitrogen and oxygen atoms in total. The van der Waals surface area contributed by atoms with Gasteiger partial charge in [-0.1, -0.05) is 6.07 Å². The summed E-state index contributed by atoms with van der Waals surface area (Å²) in [6.45, 7) is 3.68.